The van der Waals surface area contributed by atoms with E-state index in [0.29, 0.717) is 36.5 Å². The van der Waals surface area contributed by atoms with E-state index in [1.807, 2.05) is 80.5 Å². The van der Waals surface area contributed by atoms with Gasteiger partial charge in [0.2, 0.25) is 0 Å². The number of ether oxygens (including phenoxy) is 3. The fourth-order valence-corrected chi connectivity index (χ4v) is 6.48. The predicted molar refractivity (Wildman–Crippen MR) is 204 cm³/mol. The average molecular weight is 724 g/mol. The van der Waals surface area contributed by atoms with Crippen molar-refractivity contribution in [2.75, 3.05) is 71.4 Å². The van der Waals surface area contributed by atoms with Gasteiger partial charge < -0.3 is 33.9 Å². The molecule has 0 aliphatic carbocycles. The Kier molecular flexibility index (Phi) is 11.5. The zero-order valence-corrected chi connectivity index (χ0v) is 30.5. The van der Waals surface area contributed by atoms with Crippen molar-refractivity contribution in [3.05, 3.63) is 118 Å². The van der Waals surface area contributed by atoms with Crippen molar-refractivity contribution < 1.29 is 27.8 Å². The Morgan fingerprint density at radius 3 is 2.36 bits per heavy atom. The third-order valence-corrected chi connectivity index (χ3v) is 9.25. The Labute approximate surface area is 307 Å². The molecule has 12 heteroatoms. The highest BCUT2D eigenvalue weighted by Crippen LogP contribution is 2.38. The number of nitrogens with zero attached hydrogens (tertiary/aromatic N) is 4. The van der Waals surface area contributed by atoms with E-state index < -0.39 is 28.8 Å². The van der Waals surface area contributed by atoms with Crippen molar-refractivity contribution >= 4 is 33.9 Å². The smallest absolute Gasteiger partial charge is 0.259 e. The first-order valence-corrected chi connectivity index (χ1v) is 17.4. The van der Waals surface area contributed by atoms with Crippen molar-refractivity contribution in [2.45, 2.75) is 19.4 Å². The minimum Gasteiger partial charge on any atom is -0.494 e. The number of methoxy groups -OCH3 is 2. The highest BCUT2D eigenvalue weighted by molar-refractivity contribution is 5.91. The van der Waals surface area contributed by atoms with Crippen LogP contribution in [0.4, 0.5) is 26.0 Å². The summed E-state index contributed by atoms with van der Waals surface area (Å²) in [4.78, 5) is 36.2. The number of ketones is 1. The summed E-state index contributed by atoms with van der Waals surface area (Å²) in [6, 6.07) is 19.0. The molecular formula is C41H43F2N5O5. The molecule has 1 aliphatic rings. The van der Waals surface area contributed by atoms with Crippen LogP contribution in [0.25, 0.3) is 22.0 Å². The molecule has 1 saturated heterocycles. The van der Waals surface area contributed by atoms with E-state index in [4.69, 9.17) is 14.2 Å². The van der Waals surface area contributed by atoms with E-state index in [1.54, 1.807) is 18.3 Å². The minimum absolute atomic E-state index is 0.0565. The second-order valence-electron chi connectivity index (χ2n) is 13.1. The Morgan fingerprint density at radius 2 is 1.70 bits per heavy atom. The van der Waals surface area contributed by atoms with Gasteiger partial charge >= 0.3 is 0 Å². The van der Waals surface area contributed by atoms with E-state index in [0.717, 1.165) is 41.7 Å². The maximum Gasteiger partial charge on any atom is 0.259 e. The second-order valence-corrected chi connectivity index (χ2v) is 13.1. The van der Waals surface area contributed by atoms with Crippen molar-refractivity contribution in [3.63, 3.8) is 0 Å². The number of halogens is 2. The molecule has 53 heavy (non-hydrogen) atoms. The molecule has 276 valence electrons. The molecule has 10 nitrogen and oxygen atoms in total. The van der Waals surface area contributed by atoms with Gasteiger partial charge in [0.1, 0.15) is 5.82 Å². The Morgan fingerprint density at radius 1 is 1.00 bits per heavy atom. The number of morpholine rings is 1. The van der Waals surface area contributed by atoms with Crippen molar-refractivity contribution in [1.29, 1.82) is 0 Å². The van der Waals surface area contributed by atoms with Crippen molar-refractivity contribution in [3.8, 4) is 22.6 Å². The van der Waals surface area contributed by atoms with Gasteiger partial charge in [-0.3, -0.25) is 9.59 Å². The number of nitrogens with one attached hydrogen (secondary N) is 1. The first-order valence-electron chi connectivity index (χ1n) is 17.4. The van der Waals surface area contributed by atoms with Crippen LogP contribution in [-0.4, -0.2) is 81.4 Å². The third kappa shape index (κ3) is 8.24. The Hall–Kier alpha value is -5.59. The van der Waals surface area contributed by atoms with E-state index in [2.05, 4.69) is 15.2 Å². The lowest BCUT2D eigenvalue weighted by molar-refractivity contribution is -0.114. The van der Waals surface area contributed by atoms with Crippen LogP contribution in [0.1, 0.15) is 24.1 Å². The lowest BCUT2D eigenvalue weighted by atomic mass is 9.99. The monoisotopic (exact) mass is 723 g/mol. The highest BCUT2D eigenvalue weighted by Gasteiger charge is 2.27. The lowest BCUT2D eigenvalue weighted by Crippen LogP contribution is -2.36. The molecular weight excluding hydrogens is 680 g/mol. The molecule has 3 heterocycles. The molecule has 1 fully saturated rings. The average Bonchev–Trinajstić information content (AvgIpc) is 3.15. The number of likely N-dealkylation sites (N-methyl/N-ethyl adjacent to an activating group) is 1. The van der Waals surface area contributed by atoms with Gasteiger partial charge in [-0.1, -0.05) is 30.3 Å². The van der Waals surface area contributed by atoms with Crippen molar-refractivity contribution in [2.24, 2.45) is 0 Å². The van der Waals surface area contributed by atoms with Crippen LogP contribution in [-0.2, 0) is 16.0 Å². The predicted octanol–water partition coefficient (Wildman–Crippen LogP) is 6.78. The van der Waals surface area contributed by atoms with Gasteiger partial charge in [-0.25, -0.2) is 13.8 Å². The van der Waals surface area contributed by atoms with Gasteiger partial charge in [0.25, 0.3) is 5.56 Å². The zero-order valence-electron chi connectivity index (χ0n) is 30.5. The summed E-state index contributed by atoms with van der Waals surface area (Å²) in [6.45, 7) is 5.48. The number of pyridine rings is 2. The number of hydrogen-bond donors (Lipinski definition) is 1. The highest BCUT2D eigenvalue weighted by atomic mass is 19.1. The lowest BCUT2D eigenvalue weighted by Gasteiger charge is -2.28. The molecule has 1 unspecified atom stereocenters. The molecule has 1 N–H and O–H groups in total. The van der Waals surface area contributed by atoms with Gasteiger partial charge in [0.05, 0.1) is 50.1 Å². The quantitative estimate of drug-likeness (QED) is 0.132. The molecule has 1 atom stereocenters. The van der Waals surface area contributed by atoms with Gasteiger partial charge in [0.15, 0.2) is 28.9 Å². The molecule has 0 saturated carbocycles. The zero-order chi connectivity index (χ0) is 37.6. The van der Waals surface area contributed by atoms with E-state index >= 15 is 8.78 Å². The first kappa shape index (κ1) is 37.2. The van der Waals surface area contributed by atoms with Gasteiger partial charge in [-0.05, 0) is 68.6 Å². The summed E-state index contributed by atoms with van der Waals surface area (Å²) in [5.74, 6) is -2.20. The van der Waals surface area contributed by atoms with Gasteiger partial charge in [-0.15, -0.1) is 0 Å². The molecule has 0 spiro atoms. The maximum atomic E-state index is 15.9. The number of allylic oxidation sites excluding steroid dienone is 1. The van der Waals surface area contributed by atoms with Crippen LogP contribution in [0.5, 0.6) is 11.5 Å². The largest absolute Gasteiger partial charge is 0.494 e. The molecule has 2 aromatic heterocycles. The van der Waals surface area contributed by atoms with E-state index in [9.17, 15) is 9.59 Å². The number of carbonyl (C=O) groups is 1. The van der Waals surface area contributed by atoms with E-state index in [-0.39, 0.29) is 29.3 Å². The Balaban J connectivity index is 1.44. The van der Waals surface area contributed by atoms with Crippen LogP contribution < -0.4 is 25.2 Å². The van der Waals surface area contributed by atoms with Crippen LogP contribution >= 0.6 is 0 Å². The second kappa shape index (κ2) is 16.4. The maximum absolute atomic E-state index is 15.9. The molecule has 1 aliphatic heterocycles. The fraction of sp³-hybridized carbons (Fsp3) is 0.293. The summed E-state index contributed by atoms with van der Waals surface area (Å²) in [7, 11) is 6.36. The number of fused-ring (bicyclic) bond motifs is 1. The van der Waals surface area contributed by atoms with Crippen LogP contribution in [0.2, 0.25) is 0 Å². The number of anilines is 3. The van der Waals surface area contributed by atoms with Gasteiger partial charge in [-0.2, -0.15) is 0 Å². The summed E-state index contributed by atoms with van der Waals surface area (Å²) in [5.41, 5.74) is 2.41. The van der Waals surface area contributed by atoms with E-state index in [1.165, 1.54) is 24.9 Å². The third-order valence-electron chi connectivity index (χ3n) is 9.25. The number of aromatic nitrogens is 2. The first-order chi connectivity index (χ1) is 25.6. The molecule has 0 bridgehead atoms. The molecule has 6 rings (SSSR count). The molecule has 5 aromatic rings. The molecule has 0 radical (unpaired) electrons. The molecule has 0 amide bonds. The summed E-state index contributed by atoms with van der Waals surface area (Å²) < 4.78 is 49.1. The number of carbonyl (C=O) groups excluding carboxylic acids is 1. The SMILES string of the molecule is COc1cc(OC)c(F)c(-c2cc3cnc(Nc4ccc(N5CCOCC5)cc4)cc3n(C(C)c3cccc(CC(=O)/C=C/CN(C)C)c3)c2=O)c1F. The standard InChI is InChI=1S/C41H43F2N5O5/c1-26(28-9-6-8-27(20-28)21-32(49)10-7-15-46(2)3)48-34-23-37(45-30-11-13-31(14-12-30)47-16-18-53-19-17-47)44-25-29(34)22-33(41(48)50)38-39(42)35(51-4)24-36(52-5)40(38)43/h6-14,20,22-26H,15-19,21H2,1-5H3,(H,44,45)/b10-7+. The Bertz CT molecular complexity index is 2170. The fourth-order valence-electron chi connectivity index (χ4n) is 6.48. The number of rotatable bonds is 13. The summed E-state index contributed by atoms with van der Waals surface area (Å²) in [5, 5.41) is 3.80. The summed E-state index contributed by atoms with van der Waals surface area (Å²) >= 11 is 0. The van der Waals surface area contributed by atoms with Crippen LogP contribution in [0, 0.1) is 11.6 Å². The topological polar surface area (TPSA) is 98.2 Å². The summed E-state index contributed by atoms with van der Waals surface area (Å²) in [6.07, 6.45) is 5.12. The van der Waals surface area contributed by atoms with Crippen LogP contribution in [0.15, 0.2) is 89.9 Å². The normalized spacial score (nSPS) is 13.8. The number of benzene rings is 3. The van der Waals surface area contributed by atoms with Crippen LogP contribution in [0.3, 0.4) is 0 Å². The number of hydrogen-bond acceptors (Lipinski definition) is 9. The van der Waals surface area contributed by atoms with Gasteiger partial charge in [0, 0.05) is 61.1 Å². The minimum atomic E-state index is -1.03. The van der Waals surface area contributed by atoms with Crippen molar-refractivity contribution in [1.82, 2.24) is 14.5 Å². The molecule has 3 aromatic carbocycles.